The van der Waals surface area contributed by atoms with E-state index >= 15 is 0 Å². The number of amides is 1. The van der Waals surface area contributed by atoms with Crippen molar-refractivity contribution >= 4 is 32.0 Å². The average Bonchev–Trinajstić information content (AvgIpc) is 3.07. The first-order valence-corrected chi connectivity index (χ1v) is 17.3. The number of benzene rings is 4. The van der Waals surface area contributed by atoms with Crippen LogP contribution in [0.15, 0.2) is 115 Å². The molecule has 0 spiro atoms. The fourth-order valence-electron chi connectivity index (χ4n) is 5.60. The monoisotopic (exact) mass is 675 g/mol. The first-order chi connectivity index (χ1) is 22.3. The van der Waals surface area contributed by atoms with Gasteiger partial charge in [0, 0.05) is 12.6 Å². The average molecular weight is 676 g/mol. The summed E-state index contributed by atoms with van der Waals surface area (Å²) in [4.78, 5) is 12.1. The fourth-order valence-corrected chi connectivity index (χ4v) is 7.35. The molecule has 0 saturated carbocycles. The first kappa shape index (κ1) is 37.3. The third-order valence-corrected chi connectivity index (χ3v) is 9.98. The minimum Gasteiger partial charge on any atom is -0.504 e. The van der Waals surface area contributed by atoms with Gasteiger partial charge in [0.25, 0.3) is 0 Å². The number of carbonyl (C=O) groups is 1. The van der Waals surface area contributed by atoms with E-state index < -0.39 is 14.9 Å². The third kappa shape index (κ3) is 10.7. The summed E-state index contributed by atoms with van der Waals surface area (Å²) in [6.45, 7) is 0.588. The fraction of sp³-hybridized carbons (Fsp3) is 0.289. The number of phenolic OH excluding ortho intramolecular Hbond substituents is 2. The van der Waals surface area contributed by atoms with Gasteiger partial charge in [-0.2, -0.15) is 18.3 Å². The second-order valence-electron chi connectivity index (χ2n) is 11.4. The van der Waals surface area contributed by atoms with Crippen LogP contribution in [0.4, 0.5) is 0 Å². The Bertz CT molecular complexity index is 1610. The zero-order valence-electron chi connectivity index (χ0n) is 26.8. The molecule has 3 N–H and O–H groups in total. The molecule has 0 aliphatic rings. The van der Waals surface area contributed by atoms with Crippen molar-refractivity contribution in [3.8, 4) is 17.2 Å². The molecule has 0 fully saturated rings. The molecule has 47 heavy (non-hydrogen) atoms. The summed E-state index contributed by atoms with van der Waals surface area (Å²) in [5.74, 6) is -0.331. The van der Waals surface area contributed by atoms with Crippen LogP contribution in [0, 0.1) is 0 Å². The number of hydrogen-bond donors (Lipinski definition) is 3. The van der Waals surface area contributed by atoms with Gasteiger partial charge in [-0.3, -0.25) is 4.79 Å². The van der Waals surface area contributed by atoms with Crippen LogP contribution in [-0.2, 0) is 19.7 Å². The van der Waals surface area contributed by atoms with Gasteiger partial charge >= 0.3 is 10.1 Å². The Morgan fingerprint density at radius 1 is 0.681 bits per heavy atom. The second-order valence-corrected chi connectivity index (χ2v) is 13.1. The molecule has 4 aromatic carbocycles. The quantitative estimate of drug-likeness (QED) is 0.0323. The van der Waals surface area contributed by atoms with E-state index in [0.717, 1.165) is 51.4 Å². The number of hydrogen-bond acceptors (Lipinski definition) is 6. The molecule has 1 unspecified atom stereocenters. The van der Waals surface area contributed by atoms with Crippen LogP contribution in [0.25, 0.3) is 6.08 Å². The van der Waals surface area contributed by atoms with Gasteiger partial charge in [-0.05, 0) is 59.9 Å². The topological polar surface area (TPSA) is 113 Å². The van der Waals surface area contributed by atoms with Crippen molar-refractivity contribution < 1.29 is 27.6 Å². The molecule has 1 atom stereocenters. The molecular formula is C38H46NO6PS. The molecule has 1 amide bonds. The molecule has 0 radical (unpaired) electrons. The summed E-state index contributed by atoms with van der Waals surface area (Å²) < 4.78 is 32.9. The highest BCUT2D eigenvalue weighted by molar-refractivity contribution is 7.88. The SMILES string of the molecule is O=C(/C=C/c1ccc(O)c(O)c1)NCCCCCCCCCCC(c1ccccc1)(c1ccccc1)S(=O)(=O)Oc1ccccc1.P. The number of phenols is 2. The summed E-state index contributed by atoms with van der Waals surface area (Å²) >= 11 is 0. The number of unbranched alkanes of at least 4 members (excludes halogenated alkanes) is 7. The van der Waals surface area contributed by atoms with Crippen LogP contribution in [0.1, 0.15) is 74.5 Å². The zero-order chi connectivity index (χ0) is 32.7. The number of carbonyl (C=O) groups excluding carboxylic acids is 1. The molecule has 4 aromatic rings. The molecule has 7 nitrogen and oxygen atoms in total. The van der Waals surface area contributed by atoms with Crippen LogP contribution in [0.2, 0.25) is 0 Å². The van der Waals surface area contributed by atoms with Gasteiger partial charge in [0.2, 0.25) is 5.91 Å². The zero-order valence-corrected chi connectivity index (χ0v) is 29.0. The second kappa shape index (κ2) is 18.9. The molecule has 0 heterocycles. The van der Waals surface area contributed by atoms with Crippen molar-refractivity contribution in [1.82, 2.24) is 5.32 Å². The third-order valence-electron chi connectivity index (χ3n) is 8.04. The summed E-state index contributed by atoms with van der Waals surface area (Å²) in [7, 11) is -4.13. The Kier molecular flexibility index (Phi) is 15.0. The van der Waals surface area contributed by atoms with Gasteiger partial charge in [0.05, 0.1) is 0 Å². The number of aromatic hydroxyl groups is 2. The van der Waals surface area contributed by atoms with E-state index in [1.165, 1.54) is 18.2 Å². The Morgan fingerprint density at radius 3 is 1.74 bits per heavy atom. The first-order valence-electron chi connectivity index (χ1n) is 15.9. The Hall–Kier alpha value is -4.13. The van der Waals surface area contributed by atoms with E-state index in [9.17, 15) is 23.4 Å². The molecular weight excluding hydrogens is 629 g/mol. The van der Waals surface area contributed by atoms with Gasteiger partial charge in [-0.15, -0.1) is 0 Å². The maximum Gasteiger partial charge on any atom is 0.323 e. The standard InChI is InChI=1S/C38H43NO6S.H3P/c40-35-26-24-31(30-36(35)41)25-27-37(42)39-29-17-6-4-2-1-3-5-16-28-38(32-18-10-7-11-19-32,33-20-12-8-13-21-33)46(43,44)45-34-22-14-9-15-23-34;/h7-15,18-27,30,40-41H,1-6,16-17,28-29H2,(H,39,42);1H3/b27-25+;. The lowest BCUT2D eigenvalue weighted by molar-refractivity contribution is -0.116. The highest BCUT2D eigenvalue weighted by Gasteiger charge is 2.48. The molecule has 4 rings (SSSR count). The Balaban J connectivity index is 0.00000600. The maximum absolute atomic E-state index is 14.2. The molecule has 0 saturated heterocycles. The predicted octanol–water partition coefficient (Wildman–Crippen LogP) is 8.15. The molecule has 0 aliphatic carbocycles. The lowest BCUT2D eigenvalue weighted by Gasteiger charge is -2.34. The van der Waals surface area contributed by atoms with E-state index in [1.54, 1.807) is 36.4 Å². The van der Waals surface area contributed by atoms with E-state index in [2.05, 4.69) is 5.32 Å². The number of rotatable bonds is 18. The van der Waals surface area contributed by atoms with Crippen LogP contribution in [0.3, 0.4) is 0 Å². The summed E-state index contributed by atoms with van der Waals surface area (Å²) in [5, 5.41) is 21.8. The van der Waals surface area contributed by atoms with Crippen LogP contribution in [-0.4, -0.2) is 31.1 Å². The van der Waals surface area contributed by atoms with Gasteiger partial charge in [-0.25, -0.2) is 0 Å². The minimum absolute atomic E-state index is 0. The predicted molar refractivity (Wildman–Crippen MR) is 194 cm³/mol. The Labute approximate surface area is 282 Å². The van der Waals surface area contributed by atoms with E-state index in [-0.39, 0.29) is 27.3 Å². The largest absolute Gasteiger partial charge is 0.504 e. The van der Waals surface area contributed by atoms with Gasteiger partial charge in [0.15, 0.2) is 16.2 Å². The molecule has 0 aromatic heterocycles. The Morgan fingerprint density at radius 2 is 1.19 bits per heavy atom. The highest BCUT2D eigenvalue weighted by Crippen LogP contribution is 2.43. The molecule has 0 bridgehead atoms. The van der Waals surface area contributed by atoms with Gasteiger partial charge < -0.3 is 19.7 Å². The van der Waals surface area contributed by atoms with Crippen molar-refractivity contribution in [3.05, 3.63) is 132 Å². The van der Waals surface area contributed by atoms with E-state index in [4.69, 9.17) is 4.18 Å². The van der Waals surface area contributed by atoms with Crippen molar-refractivity contribution in [2.75, 3.05) is 6.54 Å². The van der Waals surface area contributed by atoms with Crippen molar-refractivity contribution in [3.63, 3.8) is 0 Å². The lowest BCUT2D eigenvalue weighted by Crippen LogP contribution is -2.40. The van der Waals surface area contributed by atoms with E-state index in [1.807, 2.05) is 66.7 Å². The smallest absolute Gasteiger partial charge is 0.323 e. The summed E-state index contributed by atoms with van der Waals surface area (Å²) in [6.07, 6.45) is 11.1. The van der Waals surface area contributed by atoms with Crippen LogP contribution in [0.5, 0.6) is 17.2 Å². The number of nitrogens with one attached hydrogen (secondary N) is 1. The van der Waals surface area contributed by atoms with Crippen LogP contribution >= 0.6 is 9.90 Å². The summed E-state index contributed by atoms with van der Waals surface area (Å²) in [5.41, 5.74) is 2.01. The lowest BCUT2D eigenvalue weighted by atomic mass is 9.85. The summed E-state index contributed by atoms with van der Waals surface area (Å²) in [6, 6.07) is 31.8. The number of para-hydroxylation sites is 1. The molecule has 9 heteroatoms. The molecule has 250 valence electrons. The minimum atomic E-state index is -4.13. The van der Waals surface area contributed by atoms with Crippen molar-refractivity contribution in [2.45, 2.75) is 62.5 Å². The van der Waals surface area contributed by atoms with Crippen LogP contribution < -0.4 is 9.50 Å². The normalized spacial score (nSPS) is 11.6. The van der Waals surface area contributed by atoms with Gasteiger partial charge in [-0.1, -0.05) is 130 Å². The van der Waals surface area contributed by atoms with Gasteiger partial charge in [0.1, 0.15) is 5.75 Å². The maximum atomic E-state index is 14.2. The van der Waals surface area contributed by atoms with E-state index in [0.29, 0.717) is 35.4 Å². The van der Waals surface area contributed by atoms with Crippen molar-refractivity contribution in [1.29, 1.82) is 0 Å². The molecule has 0 aliphatic heterocycles. The van der Waals surface area contributed by atoms with Crippen molar-refractivity contribution in [2.24, 2.45) is 0 Å². The highest BCUT2D eigenvalue weighted by atomic mass is 32.2.